The molecule has 144 valence electrons. The van der Waals surface area contributed by atoms with E-state index in [-0.39, 0.29) is 5.75 Å². The summed E-state index contributed by atoms with van der Waals surface area (Å²) in [5, 5.41) is 13.1. The summed E-state index contributed by atoms with van der Waals surface area (Å²) in [6.45, 7) is 3.45. The van der Waals surface area contributed by atoms with Crippen molar-refractivity contribution < 1.29 is 9.84 Å². The number of rotatable bonds is 6. The van der Waals surface area contributed by atoms with Gasteiger partial charge in [-0.1, -0.05) is 18.2 Å². The van der Waals surface area contributed by atoms with Gasteiger partial charge in [0, 0.05) is 37.6 Å². The Labute approximate surface area is 163 Å². The topological polar surface area (TPSA) is 96.3 Å². The summed E-state index contributed by atoms with van der Waals surface area (Å²) < 4.78 is 5.43. The van der Waals surface area contributed by atoms with Gasteiger partial charge in [0.05, 0.1) is 13.2 Å². The van der Waals surface area contributed by atoms with Crippen molar-refractivity contribution in [2.75, 3.05) is 43.1 Å². The Hall–Kier alpha value is -3.26. The number of hydrogen-bond donors (Lipinski definition) is 2. The van der Waals surface area contributed by atoms with Crippen LogP contribution in [-0.4, -0.2) is 57.9 Å². The van der Waals surface area contributed by atoms with Crippen LogP contribution in [0.4, 0.5) is 11.9 Å². The first-order chi connectivity index (χ1) is 13.8. The first-order valence-electron chi connectivity index (χ1n) is 9.29. The first-order valence-corrected chi connectivity index (χ1v) is 9.29. The maximum Gasteiger partial charge on any atom is 0.230 e. The van der Waals surface area contributed by atoms with Gasteiger partial charge in [-0.25, -0.2) is 0 Å². The molecular weight excluding hydrogens is 356 g/mol. The van der Waals surface area contributed by atoms with Gasteiger partial charge in [0.15, 0.2) is 5.82 Å². The molecule has 0 unspecified atom stereocenters. The smallest absolute Gasteiger partial charge is 0.230 e. The number of morpholine rings is 1. The summed E-state index contributed by atoms with van der Waals surface area (Å²) in [7, 11) is 0. The molecule has 1 saturated heterocycles. The van der Waals surface area contributed by atoms with Crippen LogP contribution in [0.3, 0.4) is 0 Å². The Morgan fingerprint density at radius 3 is 2.75 bits per heavy atom. The molecule has 2 N–H and O–H groups in total. The lowest BCUT2D eigenvalue weighted by Gasteiger charge is -2.27. The molecule has 1 fully saturated rings. The molecular formula is C20H22N6O2. The minimum atomic E-state index is 0.178. The van der Waals surface area contributed by atoms with Gasteiger partial charge in [-0.15, -0.1) is 0 Å². The van der Waals surface area contributed by atoms with Crippen molar-refractivity contribution in [2.24, 2.45) is 0 Å². The molecule has 28 heavy (non-hydrogen) atoms. The number of phenols is 1. The minimum Gasteiger partial charge on any atom is -0.508 e. The summed E-state index contributed by atoms with van der Waals surface area (Å²) in [6, 6.07) is 10.9. The molecule has 3 heterocycles. The average Bonchev–Trinajstić information content (AvgIpc) is 2.75. The van der Waals surface area contributed by atoms with Gasteiger partial charge in [0.25, 0.3) is 0 Å². The van der Waals surface area contributed by atoms with E-state index in [1.807, 2.05) is 24.4 Å². The lowest BCUT2D eigenvalue weighted by atomic mass is 10.2. The minimum absolute atomic E-state index is 0.178. The highest BCUT2D eigenvalue weighted by Crippen LogP contribution is 2.23. The molecule has 4 rings (SSSR count). The Balaban J connectivity index is 1.57. The van der Waals surface area contributed by atoms with Crippen LogP contribution in [0.15, 0.2) is 48.8 Å². The zero-order valence-corrected chi connectivity index (χ0v) is 15.5. The first kappa shape index (κ1) is 18.1. The lowest BCUT2D eigenvalue weighted by molar-refractivity contribution is 0.122. The van der Waals surface area contributed by atoms with Crippen LogP contribution in [0.2, 0.25) is 0 Å². The van der Waals surface area contributed by atoms with Crippen molar-refractivity contribution >= 4 is 11.9 Å². The van der Waals surface area contributed by atoms with Crippen LogP contribution in [0.5, 0.6) is 5.75 Å². The number of anilines is 2. The number of pyridine rings is 1. The van der Waals surface area contributed by atoms with E-state index < -0.39 is 0 Å². The molecule has 0 bridgehead atoms. The molecule has 0 amide bonds. The molecule has 1 aliphatic heterocycles. The number of nitrogens with zero attached hydrogens (tertiary/aromatic N) is 5. The average molecular weight is 378 g/mol. The third kappa shape index (κ3) is 4.52. The van der Waals surface area contributed by atoms with Crippen molar-refractivity contribution in [1.82, 2.24) is 19.9 Å². The molecule has 8 heteroatoms. The summed E-state index contributed by atoms with van der Waals surface area (Å²) in [4.78, 5) is 20.0. The van der Waals surface area contributed by atoms with Crippen LogP contribution < -0.4 is 10.2 Å². The van der Waals surface area contributed by atoms with E-state index in [9.17, 15) is 5.11 Å². The summed E-state index contributed by atoms with van der Waals surface area (Å²) in [6.07, 6.45) is 4.43. The third-order valence-electron chi connectivity index (χ3n) is 4.44. The quantitative estimate of drug-likeness (QED) is 0.673. The SMILES string of the molecule is Oc1cccc(-c2nc(NCCc3cccnc3)nc(N3CCOCC3)n2)c1. The number of hydrogen-bond acceptors (Lipinski definition) is 8. The van der Waals surface area contributed by atoms with E-state index >= 15 is 0 Å². The fourth-order valence-electron chi connectivity index (χ4n) is 2.99. The van der Waals surface area contributed by atoms with E-state index in [0.717, 1.165) is 30.6 Å². The number of benzene rings is 1. The number of ether oxygens (including phenoxy) is 1. The predicted molar refractivity (Wildman–Crippen MR) is 106 cm³/mol. The standard InChI is InChI=1S/C20H22N6O2/c27-17-5-1-4-16(13-17)18-23-19(22-8-6-15-3-2-7-21-14-15)25-20(24-18)26-9-11-28-12-10-26/h1-5,7,13-14,27H,6,8-12H2,(H,22,23,24,25). The molecule has 0 radical (unpaired) electrons. The van der Waals surface area contributed by atoms with Gasteiger partial charge < -0.3 is 20.1 Å². The molecule has 0 aliphatic carbocycles. The molecule has 2 aromatic heterocycles. The predicted octanol–water partition coefficient (Wildman–Crippen LogP) is 2.13. The molecule has 0 saturated carbocycles. The van der Waals surface area contributed by atoms with Crippen LogP contribution in [-0.2, 0) is 11.2 Å². The van der Waals surface area contributed by atoms with Crippen LogP contribution in [0, 0.1) is 0 Å². The Bertz CT molecular complexity index is 916. The van der Waals surface area contributed by atoms with Crippen molar-refractivity contribution in [3.63, 3.8) is 0 Å². The molecule has 0 spiro atoms. The van der Waals surface area contributed by atoms with E-state index in [0.29, 0.717) is 37.5 Å². The fourth-order valence-corrected chi connectivity index (χ4v) is 2.99. The van der Waals surface area contributed by atoms with Gasteiger partial charge >= 0.3 is 0 Å². The van der Waals surface area contributed by atoms with E-state index in [4.69, 9.17) is 4.74 Å². The van der Waals surface area contributed by atoms with Crippen LogP contribution in [0.25, 0.3) is 11.4 Å². The van der Waals surface area contributed by atoms with Crippen molar-refractivity contribution in [2.45, 2.75) is 6.42 Å². The van der Waals surface area contributed by atoms with Gasteiger partial charge in [-0.05, 0) is 30.2 Å². The van der Waals surface area contributed by atoms with E-state index in [1.54, 1.807) is 24.4 Å². The highest BCUT2D eigenvalue weighted by atomic mass is 16.5. The second kappa shape index (κ2) is 8.62. The van der Waals surface area contributed by atoms with Gasteiger partial charge in [-0.3, -0.25) is 4.98 Å². The Morgan fingerprint density at radius 2 is 1.96 bits per heavy atom. The van der Waals surface area contributed by atoms with Gasteiger partial charge in [-0.2, -0.15) is 15.0 Å². The number of aromatic nitrogens is 4. The second-order valence-corrected chi connectivity index (χ2v) is 6.47. The van der Waals surface area contributed by atoms with Crippen LogP contribution >= 0.6 is 0 Å². The zero-order chi connectivity index (χ0) is 19.2. The van der Waals surface area contributed by atoms with Crippen LogP contribution in [0.1, 0.15) is 5.56 Å². The van der Waals surface area contributed by atoms with Gasteiger partial charge in [0.2, 0.25) is 11.9 Å². The largest absolute Gasteiger partial charge is 0.508 e. The summed E-state index contributed by atoms with van der Waals surface area (Å²) in [5.41, 5.74) is 1.89. The monoisotopic (exact) mass is 378 g/mol. The number of aromatic hydroxyl groups is 1. The summed E-state index contributed by atoms with van der Waals surface area (Å²) >= 11 is 0. The fraction of sp³-hybridized carbons (Fsp3) is 0.300. The molecule has 1 aliphatic rings. The summed E-state index contributed by atoms with van der Waals surface area (Å²) in [5.74, 6) is 1.83. The van der Waals surface area contributed by atoms with Gasteiger partial charge in [0.1, 0.15) is 5.75 Å². The molecule has 3 aromatic rings. The maximum atomic E-state index is 9.81. The molecule has 1 aromatic carbocycles. The Morgan fingerprint density at radius 1 is 1.07 bits per heavy atom. The normalized spacial score (nSPS) is 14.1. The molecule has 8 nitrogen and oxygen atoms in total. The van der Waals surface area contributed by atoms with E-state index in [2.05, 4.69) is 30.2 Å². The highest BCUT2D eigenvalue weighted by Gasteiger charge is 2.17. The van der Waals surface area contributed by atoms with Crippen molar-refractivity contribution in [1.29, 1.82) is 0 Å². The highest BCUT2D eigenvalue weighted by molar-refractivity contribution is 5.60. The van der Waals surface area contributed by atoms with E-state index in [1.165, 1.54) is 0 Å². The number of phenolic OH excluding ortho intramolecular Hbond substituents is 1. The van der Waals surface area contributed by atoms with Crippen molar-refractivity contribution in [3.05, 3.63) is 54.4 Å². The van der Waals surface area contributed by atoms with Crippen molar-refractivity contribution in [3.8, 4) is 17.1 Å². The molecule has 0 atom stereocenters. The Kier molecular flexibility index (Phi) is 5.58. The second-order valence-electron chi connectivity index (χ2n) is 6.47. The third-order valence-corrected chi connectivity index (χ3v) is 4.44. The number of nitrogens with one attached hydrogen (secondary N) is 1. The maximum absolute atomic E-state index is 9.81. The zero-order valence-electron chi connectivity index (χ0n) is 15.5. The lowest BCUT2D eigenvalue weighted by Crippen LogP contribution is -2.37.